The molecule has 0 saturated heterocycles. The van der Waals surface area contributed by atoms with Gasteiger partial charge in [0.25, 0.3) is 0 Å². The van der Waals surface area contributed by atoms with E-state index in [1.165, 1.54) is 25.1 Å². The van der Waals surface area contributed by atoms with Crippen LogP contribution < -0.4 is 16.4 Å². The summed E-state index contributed by atoms with van der Waals surface area (Å²) in [6.07, 6.45) is 2.00. The third-order valence-electron chi connectivity index (χ3n) is 5.82. The number of allylic oxidation sites excluding steroid dienone is 1. The first kappa shape index (κ1) is 28.9. The van der Waals surface area contributed by atoms with Gasteiger partial charge in [-0.3, -0.25) is 14.9 Å². The van der Waals surface area contributed by atoms with Crippen molar-refractivity contribution in [2.24, 2.45) is 0 Å². The number of para-hydroxylation sites is 2. The Morgan fingerprint density at radius 3 is 2.31 bits per heavy atom. The van der Waals surface area contributed by atoms with Crippen molar-refractivity contribution in [2.45, 2.75) is 38.9 Å². The number of anilines is 3. The minimum atomic E-state index is -0.798. The molecule has 3 aromatic rings. The highest BCUT2D eigenvalue weighted by Crippen LogP contribution is 2.29. The van der Waals surface area contributed by atoms with Gasteiger partial charge in [-0.2, -0.15) is 0 Å². The van der Waals surface area contributed by atoms with Gasteiger partial charge in [-0.25, -0.2) is 4.79 Å². The summed E-state index contributed by atoms with van der Waals surface area (Å²) in [4.78, 5) is 36.6. The van der Waals surface area contributed by atoms with Crippen LogP contribution in [0, 0.1) is 0 Å². The first-order chi connectivity index (χ1) is 18.8. The van der Waals surface area contributed by atoms with Crippen molar-refractivity contribution in [1.82, 2.24) is 0 Å². The molecule has 9 heteroatoms. The Labute approximate surface area is 227 Å². The second-order valence-electron chi connectivity index (χ2n) is 8.73. The SMILES string of the molecule is CCO[C@H](CC/C=C/C(=O)Nc1ccccc1N)[C@H](OC(=O)Nc1ccc(C(C)=O)cc1)c1ccc(O)cc1. The Balaban J connectivity index is 1.68. The summed E-state index contributed by atoms with van der Waals surface area (Å²) in [6.45, 7) is 3.67. The number of nitrogen functional groups attached to an aromatic ring is 1. The number of ketones is 1. The number of rotatable bonds is 12. The fraction of sp³-hybridized carbons (Fsp3) is 0.233. The molecule has 0 unspecified atom stereocenters. The fourth-order valence-corrected chi connectivity index (χ4v) is 3.85. The maximum absolute atomic E-state index is 12.8. The third kappa shape index (κ3) is 9.01. The molecular weight excluding hydrogens is 498 g/mol. The maximum Gasteiger partial charge on any atom is 0.412 e. The van der Waals surface area contributed by atoms with Gasteiger partial charge in [0.2, 0.25) is 5.91 Å². The smallest absolute Gasteiger partial charge is 0.412 e. The van der Waals surface area contributed by atoms with Gasteiger partial charge in [0.05, 0.1) is 17.5 Å². The highest BCUT2D eigenvalue weighted by Gasteiger charge is 2.27. The van der Waals surface area contributed by atoms with Gasteiger partial charge in [0.1, 0.15) is 5.75 Å². The Morgan fingerprint density at radius 1 is 0.974 bits per heavy atom. The van der Waals surface area contributed by atoms with Gasteiger partial charge < -0.3 is 25.6 Å². The molecule has 0 heterocycles. The normalized spacial score (nSPS) is 12.5. The van der Waals surface area contributed by atoms with E-state index in [0.717, 1.165) is 0 Å². The van der Waals surface area contributed by atoms with E-state index >= 15 is 0 Å². The number of hydrogen-bond acceptors (Lipinski definition) is 7. The number of phenolic OH excluding ortho intramolecular Hbond substituents is 1. The lowest BCUT2D eigenvalue weighted by Crippen LogP contribution is -2.29. The van der Waals surface area contributed by atoms with E-state index in [0.29, 0.717) is 47.6 Å². The molecule has 0 aliphatic rings. The second kappa shape index (κ2) is 14.3. The van der Waals surface area contributed by atoms with E-state index in [9.17, 15) is 19.5 Å². The summed E-state index contributed by atoms with van der Waals surface area (Å²) in [5.41, 5.74) is 8.50. The molecule has 2 amide bonds. The van der Waals surface area contributed by atoms with Crippen molar-refractivity contribution in [3.05, 3.63) is 96.1 Å². The van der Waals surface area contributed by atoms with Crippen LogP contribution in [-0.4, -0.2) is 35.6 Å². The highest BCUT2D eigenvalue weighted by molar-refractivity contribution is 6.01. The Morgan fingerprint density at radius 2 is 1.67 bits per heavy atom. The van der Waals surface area contributed by atoms with E-state index in [-0.39, 0.29) is 17.4 Å². The van der Waals surface area contributed by atoms with Crippen LogP contribution in [0.5, 0.6) is 5.75 Å². The topological polar surface area (TPSA) is 140 Å². The molecule has 5 N–H and O–H groups in total. The summed E-state index contributed by atoms with van der Waals surface area (Å²) in [6, 6.07) is 19.8. The van der Waals surface area contributed by atoms with Crippen molar-refractivity contribution in [2.75, 3.05) is 23.0 Å². The van der Waals surface area contributed by atoms with E-state index in [1.807, 2.05) is 6.92 Å². The molecule has 0 radical (unpaired) electrons. The number of phenols is 1. The van der Waals surface area contributed by atoms with Crippen LogP contribution in [0.3, 0.4) is 0 Å². The number of aromatic hydroxyl groups is 1. The van der Waals surface area contributed by atoms with Crippen LogP contribution in [0.25, 0.3) is 0 Å². The zero-order chi connectivity index (χ0) is 28.2. The molecule has 0 aromatic heterocycles. The third-order valence-corrected chi connectivity index (χ3v) is 5.82. The molecule has 0 aliphatic carbocycles. The first-order valence-electron chi connectivity index (χ1n) is 12.6. The summed E-state index contributed by atoms with van der Waals surface area (Å²) in [5, 5.41) is 15.1. The molecular formula is C30H33N3O6. The monoisotopic (exact) mass is 531 g/mol. The van der Waals surface area contributed by atoms with Crippen molar-refractivity contribution in [3.63, 3.8) is 0 Å². The first-order valence-corrected chi connectivity index (χ1v) is 12.6. The summed E-state index contributed by atoms with van der Waals surface area (Å²) in [7, 11) is 0. The number of carbonyl (C=O) groups excluding carboxylic acids is 3. The predicted molar refractivity (Wildman–Crippen MR) is 151 cm³/mol. The Kier molecular flexibility index (Phi) is 10.6. The van der Waals surface area contributed by atoms with Gasteiger partial charge in [-0.15, -0.1) is 0 Å². The Hall–Kier alpha value is -4.63. The number of Topliss-reactive ketones (excluding diaryl/α,β-unsaturated/α-hetero) is 1. The number of amides is 2. The van der Waals surface area contributed by atoms with Gasteiger partial charge >= 0.3 is 6.09 Å². The number of ether oxygens (including phenoxy) is 2. The van der Waals surface area contributed by atoms with Gasteiger partial charge in [-0.1, -0.05) is 30.3 Å². The molecule has 3 rings (SSSR count). The van der Waals surface area contributed by atoms with E-state index in [1.54, 1.807) is 66.7 Å². The zero-order valence-corrected chi connectivity index (χ0v) is 21.9. The molecule has 204 valence electrons. The summed E-state index contributed by atoms with van der Waals surface area (Å²) >= 11 is 0. The minimum absolute atomic E-state index is 0.0770. The summed E-state index contributed by atoms with van der Waals surface area (Å²) in [5.74, 6) is -0.317. The van der Waals surface area contributed by atoms with E-state index in [2.05, 4.69) is 10.6 Å². The minimum Gasteiger partial charge on any atom is -0.508 e. The molecule has 39 heavy (non-hydrogen) atoms. The number of nitrogens with one attached hydrogen (secondary N) is 2. The molecule has 0 aliphatic heterocycles. The molecule has 0 spiro atoms. The standard InChI is InChI=1S/C30H33N3O6/c1-3-38-27(10-6-7-11-28(36)33-26-9-5-4-8-25(26)31)29(22-14-18-24(35)19-15-22)39-30(37)32-23-16-12-21(13-17-23)20(2)34/h4-5,7-9,11-19,27,29,35H,3,6,10,31H2,1-2H3,(H,32,37)(H,33,36)/b11-7+/t27-,29-/m1/s1. The average molecular weight is 532 g/mol. The number of nitrogens with two attached hydrogens (primary N) is 1. The van der Waals surface area contributed by atoms with Crippen molar-refractivity contribution in [1.29, 1.82) is 0 Å². The van der Waals surface area contributed by atoms with Crippen LogP contribution in [0.2, 0.25) is 0 Å². The predicted octanol–water partition coefficient (Wildman–Crippen LogP) is 5.85. The lowest BCUT2D eigenvalue weighted by atomic mass is 10.00. The van der Waals surface area contributed by atoms with Gasteiger partial charge in [0.15, 0.2) is 11.9 Å². The van der Waals surface area contributed by atoms with Gasteiger partial charge in [-0.05, 0) is 86.9 Å². The van der Waals surface area contributed by atoms with Crippen LogP contribution >= 0.6 is 0 Å². The molecule has 3 aromatic carbocycles. The molecule has 2 atom stereocenters. The lowest BCUT2D eigenvalue weighted by molar-refractivity contribution is -0.111. The fourth-order valence-electron chi connectivity index (χ4n) is 3.85. The van der Waals surface area contributed by atoms with Crippen molar-refractivity contribution >= 4 is 34.8 Å². The quantitative estimate of drug-likeness (QED) is 0.131. The maximum atomic E-state index is 12.8. The van der Waals surface area contributed by atoms with Crippen LogP contribution in [-0.2, 0) is 14.3 Å². The number of benzene rings is 3. The van der Waals surface area contributed by atoms with E-state index < -0.39 is 18.3 Å². The summed E-state index contributed by atoms with van der Waals surface area (Å²) < 4.78 is 11.7. The average Bonchev–Trinajstić information content (AvgIpc) is 2.91. The zero-order valence-electron chi connectivity index (χ0n) is 21.9. The van der Waals surface area contributed by atoms with Crippen LogP contribution in [0.1, 0.15) is 48.7 Å². The van der Waals surface area contributed by atoms with Crippen LogP contribution in [0.4, 0.5) is 21.9 Å². The molecule has 9 nitrogen and oxygen atoms in total. The number of hydrogen-bond donors (Lipinski definition) is 4. The number of carbonyl (C=O) groups is 3. The molecule has 0 bridgehead atoms. The van der Waals surface area contributed by atoms with Crippen molar-refractivity contribution < 1.29 is 29.0 Å². The highest BCUT2D eigenvalue weighted by atomic mass is 16.6. The van der Waals surface area contributed by atoms with E-state index in [4.69, 9.17) is 15.2 Å². The van der Waals surface area contributed by atoms with Gasteiger partial charge in [0, 0.05) is 17.9 Å². The molecule has 0 saturated carbocycles. The largest absolute Gasteiger partial charge is 0.508 e. The second-order valence-corrected chi connectivity index (χ2v) is 8.73. The Bertz CT molecular complexity index is 1290. The lowest BCUT2D eigenvalue weighted by Gasteiger charge is -2.27. The van der Waals surface area contributed by atoms with Crippen molar-refractivity contribution in [3.8, 4) is 5.75 Å². The molecule has 0 fully saturated rings. The van der Waals surface area contributed by atoms with Crippen LogP contribution in [0.15, 0.2) is 84.9 Å².